The van der Waals surface area contributed by atoms with Crippen LogP contribution in [-0.2, 0) is 0 Å². The highest BCUT2D eigenvalue weighted by molar-refractivity contribution is 6.28. The Hall–Kier alpha value is -10.4. The summed E-state index contributed by atoms with van der Waals surface area (Å²) in [5, 5.41) is 9.38. The van der Waals surface area contributed by atoms with Gasteiger partial charge in [0.05, 0.1) is 49.8 Å². The van der Waals surface area contributed by atoms with Crippen molar-refractivity contribution >= 4 is 87.2 Å². The van der Waals surface area contributed by atoms with Gasteiger partial charge in [0, 0.05) is 76.8 Å². The normalized spacial score (nSPS) is 11.9. The van der Waals surface area contributed by atoms with Crippen LogP contribution in [0.5, 0.6) is 0 Å². The van der Waals surface area contributed by atoms with E-state index in [0.717, 1.165) is 99.7 Å². The van der Waals surface area contributed by atoms with Gasteiger partial charge in [-0.15, -0.1) is 0 Å². The number of fused-ring (bicyclic) bond motifs is 14. The molecule has 16 rings (SSSR count). The molecular weight excluding hydrogens is 927 g/mol. The molecule has 0 unspecified atom stereocenters. The third kappa shape index (κ3) is 6.20. The van der Waals surface area contributed by atoms with E-state index in [-0.39, 0.29) is 0 Å². The van der Waals surface area contributed by atoms with Gasteiger partial charge in [0.15, 0.2) is 17.5 Å². The number of hydrogen-bond acceptors (Lipinski definition) is 3. The third-order valence-electron chi connectivity index (χ3n) is 15.4. The standard InChI is InChI=1S/C69H43N7/c1-6-22-44(23-7-1)67-70-68(45-24-8-2-9-25-45)72-69(71-67)55-43-61-54(64-59(73(61)46-26-10-3-11-27-46)40-38-52-50-33-17-20-36-57(50)75(66(52)64)48-30-14-5-15-31-48)42-62(55)76-58-37-21-18-34-53(58)63-60(76)41-39-51-49-32-16-19-35-56(49)74(65(51)63)47-28-12-4-13-29-47/h1-43H. The lowest BCUT2D eigenvalue weighted by Crippen LogP contribution is -2.04. The van der Waals surface area contributed by atoms with Crippen LogP contribution in [0, 0.1) is 0 Å². The van der Waals surface area contributed by atoms with Crippen molar-refractivity contribution in [2.75, 3.05) is 0 Å². The first-order valence-electron chi connectivity index (χ1n) is 25.8. The predicted octanol–water partition coefficient (Wildman–Crippen LogP) is 17.3. The number of benzene rings is 11. The van der Waals surface area contributed by atoms with E-state index in [4.69, 9.17) is 15.0 Å². The van der Waals surface area contributed by atoms with Crippen LogP contribution in [0.2, 0.25) is 0 Å². The summed E-state index contributed by atoms with van der Waals surface area (Å²) in [5.74, 6) is 1.78. The van der Waals surface area contributed by atoms with E-state index >= 15 is 0 Å². The fraction of sp³-hybridized carbons (Fsp3) is 0. The Morgan fingerprint density at radius 2 is 0.618 bits per heavy atom. The monoisotopic (exact) mass is 969 g/mol. The second kappa shape index (κ2) is 16.6. The third-order valence-corrected chi connectivity index (χ3v) is 15.4. The molecule has 0 aliphatic rings. The molecule has 0 saturated heterocycles. The topological polar surface area (TPSA) is 58.4 Å². The molecule has 0 spiro atoms. The van der Waals surface area contributed by atoms with E-state index in [1.165, 1.54) is 26.9 Å². The minimum absolute atomic E-state index is 0.573. The highest BCUT2D eigenvalue weighted by atomic mass is 15.1. The summed E-state index contributed by atoms with van der Waals surface area (Å²) in [6.07, 6.45) is 0. The average Bonchev–Trinajstić information content (AvgIpc) is 4.23. The van der Waals surface area contributed by atoms with Crippen LogP contribution in [0.25, 0.3) is 144 Å². The lowest BCUT2D eigenvalue weighted by Gasteiger charge is -2.16. The Balaban J connectivity index is 1.12. The molecule has 0 fully saturated rings. The molecule has 0 atom stereocenters. The molecule has 0 radical (unpaired) electrons. The van der Waals surface area contributed by atoms with Gasteiger partial charge < -0.3 is 18.3 Å². The summed E-state index contributed by atoms with van der Waals surface area (Å²) in [7, 11) is 0. The predicted molar refractivity (Wildman–Crippen MR) is 313 cm³/mol. The molecule has 0 aliphatic carbocycles. The number of hydrogen-bond donors (Lipinski definition) is 0. The van der Waals surface area contributed by atoms with Crippen LogP contribution in [0.3, 0.4) is 0 Å². The SMILES string of the molecule is c1ccc(-c2nc(-c3ccccc3)nc(-c3cc4c(cc3-n3c5ccccc5c5c3ccc3c6ccccc6n(-c6ccccc6)c35)c3c(ccc5c6ccccc6n(-c6ccccc6)c53)n4-c3ccccc3)n2)cc1. The molecule has 7 nitrogen and oxygen atoms in total. The number of nitrogens with zero attached hydrogens (tertiary/aromatic N) is 7. The van der Waals surface area contributed by atoms with Crippen molar-refractivity contribution in [2.45, 2.75) is 0 Å². The molecule has 5 heterocycles. The zero-order chi connectivity index (χ0) is 49.8. The van der Waals surface area contributed by atoms with Gasteiger partial charge in [-0.05, 0) is 78.9 Å². The van der Waals surface area contributed by atoms with Crippen molar-refractivity contribution < 1.29 is 0 Å². The van der Waals surface area contributed by atoms with Crippen LogP contribution < -0.4 is 0 Å². The highest BCUT2D eigenvalue weighted by Crippen LogP contribution is 2.47. The van der Waals surface area contributed by atoms with Crippen LogP contribution in [0.15, 0.2) is 261 Å². The van der Waals surface area contributed by atoms with Crippen LogP contribution >= 0.6 is 0 Å². The largest absolute Gasteiger partial charge is 0.309 e. The lowest BCUT2D eigenvalue weighted by molar-refractivity contribution is 1.06. The maximum Gasteiger partial charge on any atom is 0.166 e. The molecule has 11 aromatic carbocycles. The van der Waals surface area contributed by atoms with Crippen molar-refractivity contribution in [3.8, 4) is 56.9 Å². The minimum atomic E-state index is 0.573. The molecule has 76 heavy (non-hydrogen) atoms. The maximum absolute atomic E-state index is 5.51. The Morgan fingerprint density at radius 1 is 0.237 bits per heavy atom. The van der Waals surface area contributed by atoms with Crippen molar-refractivity contribution in [3.63, 3.8) is 0 Å². The summed E-state index contributed by atoms with van der Waals surface area (Å²) in [4.78, 5) is 16.2. The van der Waals surface area contributed by atoms with E-state index in [1.54, 1.807) is 0 Å². The summed E-state index contributed by atoms with van der Waals surface area (Å²) in [5.41, 5.74) is 15.8. The zero-order valence-electron chi connectivity index (χ0n) is 41.0. The van der Waals surface area contributed by atoms with Crippen molar-refractivity contribution in [1.82, 2.24) is 33.2 Å². The van der Waals surface area contributed by atoms with Gasteiger partial charge in [0.2, 0.25) is 0 Å². The Kier molecular flexibility index (Phi) is 9.20. The van der Waals surface area contributed by atoms with Crippen LogP contribution in [0.4, 0.5) is 0 Å². The molecule has 7 heteroatoms. The molecule has 0 bridgehead atoms. The van der Waals surface area contributed by atoms with Crippen LogP contribution in [-0.4, -0.2) is 33.2 Å². The summed E-state index contributed by atoms with van der Waals surface area (Å²) in [6, 6.07) is 93.3. The average molecular weight is 970 g/mol. The van der Waals surface area contributed by atoms with Gasteiger partial charge in [0.1, 0.15) is 0 Å². The molecule has 16 aromatic rings. The fourth-order valence-corrected chi connectivity index (χ4v) is 12.2. The molecule has 354 valence electrons. The molecule has 5 aromatic heterocycles. The minimum Gasteiger partial charge on any atom is -0.309 e. The maximum atomic E-state index is 5.51. The van der Waals surface area contributed by atoms with Gasteiger partial charge in [-0.2, -0.15) is 0 Å². The Morgan fingerprint density at radius 3 is 1.12 bits per heavy atom. The zero-order valence-corrected chi connectivity index (χ0v) is 41.0. The van der Waals surface area contributed by atoms with Gasteiger partial charge in [0.25, 0.3) is 0 Å². The second-order valence-electron chi connectivity index (χ2n) is 19.5. The van der Waals surface area contributed by atoms with Crippen LogP contribution in [0.1, 0.15) is 0 Å². The number of para-hydroxylation sites is 6. The summed E-state index contributed by atoms with van der Waals surface area (Å²) < 4.78 is 9.80. The first kappa shape index (κ1) is 42.2. The van der Waals surface area contributed by atoms with E-state index in [2.05, 4.69) is 243 Å². The van der Waals surface area contributed by atoms with Gasteiger partial charge >= 0.3 is 0 Å². The lowest BCUT2D eigenvalue weighted by atomic mass is 10.0. The Bertz CT molecular complexity index is 4900. The quantitative estimate of drug-likeness (QED) is 0.160. The Labute approximate surface area is 436 Å². The molecule has 0 saturated carbocycles. The first-order chi connectivity index (χ1) is 37.7. The summed E-state index contributed by atoms with van der Waals surface area (Å²) >= 11 is 0. The van der Waals surface area contributed by atoms with E-state index < -0.39 is 0 Å². The smallest absolute Gasteiger partial charge is 0.166 e. The first-order valence-corrected chi connectivity index (χ1v) is 25.8. The van der Waals surface area contributed by atoms with Gasteiger partial charge in [-0.1, -0.05) is 182 Å². The fourth-order valence-electron chi connectivity index (χ4n) is 12.2. The second-order valence-corrected chi connectivity index (χ2v) is 19.5. The van der Waals surface area contributed by atoms with E-state index in [9.17, 15) is 0 Å². The van der Waals surface area contributed by atoms with Gasteiger partial charge in [-0.25, -0.2) is 15.0 Å². The molecule has 0 amide bonds. The van der Waals surface area contributed by atoms with Crippen molar-refractivity contribution in [1.29, 1.82) is 0 Å². The van der Waals surface area contributed by atoms with Crippen molar-refractivity contribution in [3.05, 3.63) is 261 Å². The van der Waals surface area contributed by atoms with E-state index in [0.29, 0.717) is 17.5 Å². The molecule has 0 aliphatic heterocycles. The molecular formula is C69H43N7. The highest BCUT2D eigenvalue weighted by Gasteiger charge is 2.27. The van der Waals surface area contributed by atoms with E-state index in [1.807, 2.05) is 36.4 Å². The number of rotatable bonds is 7. The van der Waals surface area contributed by atoms with Crippen molar-refractivity contribution in [2.24, 2.45) is 0 Å². The molecule has 0 N–H and O–H groups in total. The van der Waals surface area contributed by atoms with Gasteiger partial charge in [-0.3, -0.25) is 0 Å². The summed E-state index contributed by atoms with van der Waals surface area (Å²) in [6.45, 7) is 0. The number of aromatic nitrogens is 7.